The molecule has 0 aliphatic carbocycles. The molecule has 0 saturated heterocycles. The summed E-state index contributed by atoms with van der Waals surface area (Å²) in [4.78, 5) is 21.8. The van der Waals surface area contributed by atoms with E-state index in [1.807, 2.05) is 0 Å². The summed E-state index contributed by atoms with van der Waals surface area (Å²) in [6.07, 6.45) is 0. The van der Waals surface area contributed by atoms with Gasteiger partial charge < -0.3 is 0 Å². The third-order valence-electron chi connectivity index (χ3n) is 0. The van der Waals surface area contributed by atoms with Crippen molar-refractivity contribution in [3.8, 4) is 0 Å². The average Bonchev–Trinajstić information content (AvgIpc) is 0.811. The Hall–Kier alpha value is 0.933. The maximum Gasteiger partial charge on any atom is 0.390 e. The summed E-state index contributed by atoms with van der Waals surface area (Å²) < 4.78 is 0. The average molecular weight is 184 g/mol. The molecule has 0 amide bonds. The van der Waals surface area contributed by atoms with Crippen molar-refractivity contribution >= 4 is 8.60 Å². The minimum atomic E-state index is -2.88. The molecule has 0 atom stereocenters. The van der Waals surface area contributed by atoms with E-state index in [9.17, 15) is 0 Å². The zero-order chi connectivity index (χ0) is 3.58. The van der Waals surface area contributed by atoms with Crippen LogP contribution in [-0.4, -0.2) is 14.7 Å². The van der Waals surface area contributed by atoms with E-state index in [1.165, 1.54) is 0 Å². The van der Waals surface area contributed by atoms with Crippen LogP contribution in [0.5, 0.6) is 0 Å². The van der Waals surface area contributed by atoms with Gasteiger partial charge in [-0.1, -0.05) is 0 Å². The van der Waals surface area contributed by atoms with Gasteiger partial charge in [-0.3, -0.25) is 0 Å². The van der Waals surface area contributed by atoms with Gasteiger partial charge in [-0.25, -0.2) is 0 Å². The topological polar surface area (TPSA) is 60.7 Å². The molecule has 0 aromatic heterocycles. The van der Waals surface area contributed by atoms with Crippen LogP contribution in [-0.2, 0) is 19.5 Å². The van der Waals surface area contributed by atoms with E-state index in [0.717, 1.165) is 0 Å². The van der Waals surface area contributed by atoms with Gasteiger partial charge in [-0.05, 0) is 0 Å². The Bertz CT molecular complexity index is 11.6. The van der Waals surface area contributed by atoms with Gasteiger partial charge in [0.05, 0.1) is 0 Å². The monoisotopic (exact) mass is 185 g/mol. The van der Waals surface area contributed by atoms with Crippen LogP contribution in [0.4, 0.5) is 0 Å². The molecule has 0 aliphatic heterocycles. The molecule has 0 fully saturated rings. The van der Waals surface area contributed by atoms with Crippen molar-refractivity contribution in [2.45, 2.75) is 0 Å². The predicted octanol–water partition coefficient (Wildman–Crippen LogP) is -1.08. The summed E-state index contributed by atoms with van der Waals surface area (Å²) in [7, 11) is -2.88. The summed E-state index contributed by atoms with van der Waals surface area (Å²) in [5.41, 5.74) is 0. The molecular formula is H4O3PRu+. The van der Waals surface area contributed by atoms with Crippen LogP contribution in [0.3, 0.4) is 0 Å². The largest absolute Gasteiger partial charge is 0.390 e. The van der Waals surface area contributed by atoms with Crippen molar-refractivity contribution < 1.29 is 34.2 Å². The van der Waals surface area contributed by atoms with Crippen molar-refractivity contribution in [2.75, 3.05) is 0 Å². The van der Waals surface area contributed by atoms with Crippen LogP contribution >= 0.6 is 8.60 Å². The summed E-state index contributed by atoms with van der Waals surface area (Å²) in [6, 6.07) is 0. The van der Waals surface area contributed by atoms with Crippen molar-refractivity contribution in [3.05, 3.63) is 0 Å². The molecule has 0 bridgehead atoms. The molecule has 0 aliphatic rings. The molecule has 5 heteroatoms. The minimum absolute atomic E-state index is 0. The van der Waals surface area contributed by atoms with Crippen LogP contribution < -0.4 is 0 Å². The minimum Gasteiger partial charge on any atom is -0.195 e. The second-order valence-electron chi connectivity index (χ2n) is 0.300. The molecule has 0 radical (unpaired) electrons. The van der Waals surface area contributed by atoms with Gasteiger partial charge in [-0.15, -0.1) is 0 Å². The Morgan fingerprint density at radius 2 is 1.00 bits per heavy atom. The van der Waals surface area contributed by atoms with Gasteiger partial charge in [0.1, 0.15) is 0 Å². The van der Waals surface area contributed by atoms with E-state index >= 15 is 0 Å². The maximum atomic E-state index is 7.27. The molecule has 5 heavy (non-hydrogen) atoms. The maximum absolute atomic E-state index is 7.27. The third-order valence-corrected chi connectivity index (χ3v) is 0. The van der Waals surface area contributed by atoms with Crippen LogP contribution in [0.15, 0.2) is 0 Å². The molecule has 3 N–H and O–H groups in total. The first-order valence-electron chi connectivity index (χ1n) is 0.671. The second-order valence-corrected chi connectivity index (χ2v) is 0.900. The summed E-state index contributed by atoms with van der Waals surface area (Å²) in [6.45, 7) is 0. The normalized spacial score (nSPS) is 7.20. The second kappa shape index (κ2) is 4.93. The zero-order valence-corrected chi connectivity index (χ0v) is 4.93. The first-order chi connectivity index (χ1) is 1.73. The molecule has 34 valence electrons. The first-order valence-corrected chi connectivity index (χ1v) is 2.01. The van der Waals surface area contributed by atoms with Crippen LogP contribution in [0.25, 0.3) is 0 Å². The van der Waals surface area contributed by atoms with Crippen molar-refractivity contribution in [1.29, 1.82) is 0 Å². The van der Waals surface area contributed by atoms with Gasteiger partial charge in [0.15, 0.2) is 0 Å². The number of hydrogen-bond acceptors (Lipinski definition) is 3. The van der Waals surface area contributed by atoms with Gasteiger partial charge in [0.2, 0.25) is 0 Å². The molecule has 0 unspecified atom stereocenters. The molecule has 0 spiro atoms. The molecule has 3 nitrogen and oxygen atoms in total. The number of rotatable bonds is 0. The van der Waals surface area contributed by atoms with Crippen LogP contribution in [0, 0.1) is 0 Å². The molecule has 0 heterocycles. The quantitative estimate of drug-likeness (QED) is 0.331. The Balaban J connectivity index is 0. The molecule has 0 saturated carbocycles. The van der Waals surface area contributed by atoms with Crippen LogP contribution in [0.1, 0.15) is 0 Å². The zero-order valence-electron chi connectivity index (χ0n) is 2.20. The SMILES string of the molecule is O[PH+](O)O.[Ru]. The fourth-order valence-electron chi connectivity index (χ4n) is 0. The fourth-order valence-corrected chi connectivity index (χ4v) is 0. The van der Waals surface area contributed by atoms with Crippen molar-refractivity contribution in [3.63, 3.8) is 0 Å². The molecule has 0 aromatic rings. The van der Waals surface area contributed by atoms with Crippen LogP contribution in [0.2, 0.25) is 0 Å². The van der Waals surface area contributed by atoms with E-state index in [2.05, 4.69) is 0 Å². The smallest absolute Gasteiger partial charge is 0.195 e. The molecule has 0 aromatic carbocycles. The summed E-state index contributed by atoms with van der Waals surface area (Å²) in [5.74, 6) is 0. The van der Waals surface area contributed by atoms with E-state index in [4.69, 9.17) is 14.7 Å². The van der Waals surface area contributed by atoms with E-state index in [-0.39, 0.29) is 19.5 Å². The summed E-state index contributed by atoms with van der Waals surface area (Å²) >= 11 is 0. The predicted molar refractivity (Wildman–Crippen MR) is 15.0 cm³/mol. The Morgan fingerprint density at radius 3 is 1.00 bits per heavy atom. The van der Waals surface area contributed by atoms with Gasteiger partial charge >= 0.3 is 8.60 Å². The van der Waals surface area contributed by atoms with Gasteiger partial charge in [0, 0.05) is 19.5 Å². The van der Waals surface area contributed by atoms with E-state index in [1.54, 1.807) is 0 Å². The van der Waals surface area contributed by atoms with Crippen molar-refractivity contribution in [1.82, 2.24) is 0 Å². The summed E-state index contributed by atoms with van der Waals surface area (Å²) in [5, 5.41) is 0. The van der Waals surface area contributed by atoms with E-state index < -0.39 is 8.60 Å². The Labute approximate surface area is 43.4 Å². The molecular weight excluding hydrogens is 180 g/mol. The van der Waals surface area contributed by atoms with Crippen molar-refractivity contribution in [2.24, 2.45) is 0 Å². The first kappa shape index (κ1) is 9.33. The molecule has 0 rings (SSSR count). The van der Waals surface area contributed by atoms with Gasteiger partial charge in [-0.2, -0.15) is 14.7 Å². The standard InChI is InChI=1S/H4O3P.Ru/c1-4(2)3;/h1-4H;/q+1;. The Morgan fingerprint density at radius 1 is 1.00 bits per heavy atom. The van der Waals surface area contributed by atoms with E-state index in [0.29, 0.717) is 0 Å². The fraction of sp³-hybridized carbons (Fsp3) is 0. The number of hydrogen-bond donors (Lipinski definition) is 3. The Kier molecular flexibility index (Phi) is 9.21. The third kappa shape index (κ3) is 48.7. The van der Waals surface area contributed by atoms with Gasteiger partial charge in [0.25, 0.3) is 0 Å².